The molecule has 0 saturated heterocycles. The molecule has 2 unspecified atom stereocenters. The van der Waals surface area contributed by atoms with Crippen molar-refractivity contribution in [2.45, 2.75) is 124 Å². The SMILES string of the molecule is CCC(C)(CC(C)(C)C(=O)OC1CCCC(=O)C1)C(=O)OC(C)(C)C1C2CC3CC(C2)CC1C3. The predicted octanol–water partition coefficient (Wildman–Crippen LogP) is 6.27. The van der Waals surface area contributed by atoms with Crippen LogP contribution in [-0.2, 0) is 23.9 Å². The Hall–Kier alpha value is -1.39. The van der Waals surface area contributed by atoms with E-state index in [9.17, 15) is 14.4 Å². The third-order valence-corrected chi connectivity index (χ3v) is 9.75. The molecule has 0 aliphatic heterocycles. The first-order valence-electron chi connectivity index (χ1n) is 13.8. The lowest BCUT2D eigenvalue weighted by Gasteiger charge is -2.58. The van der Waals surface area contributed by atoms with Gasteiger partial charge in [-0.05, 0) is 116 Å². The molecule has 0 radical (unpaired) electrons. The number of esters is 2. The Labute approximate surface area is 206 Å². The standard InChI is InChI=1S/C29H46O5/c1-7-29(6,17-27(2,3)25(31)33-23-10-8-9-22(30)16-23)26(32)34-28(4,5)24-20-12-18-11-19(14-20)15-21(24)13-18/h18-21,23-24H,7-17H2,1-6H3. The monoisotopic (exact) mass is 474 g/mol. The van der Waals surface area contributed by atoms with Crippen LogP contribution in [0.2, 0.25) is 0 Å². The molecule has 0 aromatic carbocycles. The zero-order chi connectivity index (χ0) is 24.9. The van der Waals surface area contributed by atoms with Crippen molar-refractivity contribution in [2.75, 3.05) is 0 Å². The highest BCUT2D eigenvalue weighted by Crippen LogP contribution is 2.59. The van der Waals surface area contributed by atoms with Gasteiger partial charge in [0.15, 0.2) is 0 Å². The summed E-state index contributed by atoms with van der Waals surface area (Å²) in [4.78, 5) is 38.5. The number of ketones is 1. The van der Waals surface area contributed by atoms with Crippen LogP contribution in [0.25, 0.3) is 0 Å². The number of carbonyl (C=O) groups is 3. The van der Waals surface area contributed by atoms with Gasteiger partial charge in [-0.15, -0.1) is 0 Å². The maximum absolute atomic E-state index is 13.7. The second-order valence-electron chi connectivity index (χ2n) is 13.6. The van der Waals surface area contributed by atoms with Crippen LogP contribution >= 0.6 is 0 Å². The molecule has 4 bridgehead atoms. The third kappa shape index (κ3) is 5.09. The largest absolute Gasteiger partial charge is 0.461 e. The van der Waals surface area contributed by atoms with Gasteiger partial charge in [0.1, 0.15) is 17.5 Å². The molecule has 5 aliphatic rings. The molecule has 0 amide bonds. The first-order chi connectivity index (χ1) is 15.8. The van der Waals surface area contributed by atoms with E-state index < -0.39 is 16.4 Å². The first-order valence-corrected chi connectivity index (χ1v) is 13.8. The molecule has 0 aromatic rings. The number of ether oxygens (including phenoxy) is 2. The van der Waals surface area contributed by atoms with E-state index in [0.717, 1.165) is 24.7 Å². The fourth-order valence-electron chi connectivity index (χ4n) is 8.28. The topological polar surface area (TPSA) is 69.7 Å². The van der Waals surface area contributed by atoms with Crippen LogP contribution < -0.4 is 0 Å². The van der Waals surface area contributed by atoms with Crippen LogP contribution in [0.1, 0.15) is 112 Å². The average Bonchev–Trinajstić information content (AvgIpc) is 2.72. The Bertz CT molecular complexity index is 783. The van der Waals surface area contributed by atoms with Gasteiger partial charge < -0.3 is 9.47 Å². The van der Waals surface area contributed by atoms with E-state index in [1.54, 1.807) is 0 Å². The molecule has 5 saturated carbocycles. The van der Waals surface area contributed by atoms with E-state index in [-0.39, 0.29) is 23.8 Å². The van der Waals surface area contributed by atoms with Crippen molar-refractivity contribution < 1.29 is 23.9 Å². The fraction of sp³-hybridized carbons (Fsp3) is 0.897. The smallest absolute Gasteiger partial charge is 0.312 e. The Morgan fingerprint density at radius 2 is 1.50 bits per heavy atom. The van der Waals surface area contributed by atoms with Crippen molar-refractivity contribution in [1.82, 2.24) is 0 Å². The number of carbonyl (C=O) groups excluding carboxylic acids is 3. The first kappa shape index (κ1) is 25.7. The van der Waals surface area contributed by atoms with Crippen molar-refractivity contribution in [1.29, 1.82) is 0 Å². The van der Waals surface area contributed by atoms with Gasteiger partial charge in [-0.25, -0.2) is 0 Å². The van der Waals surface area contributed by atoms with Gasteiger partial charge in [0.2, 0.25) is 0 Å². The van der Waals surface area contributed by atoms with Gasteiger partial charge >= 0.3 is 11.9 Å². The summed E-state index contributed by atoms with van der Waals surface area (Å²) in [5.74, 6) is 3.22. The van der Waals surface area contributed by atoms with Gasteiger partial charge in [-0.1, -0.05) is 6.92 Å². The van der Waals surface area contributed by atoms with Crippen LogP contribution in [0.3, 0.4) is 0 Å². The van der Waals surface area contributed by atoms with Gasteiger partial charge in [0.25, 0.3) is 0 Å². The summed E-state index contributed by atoms with van der Waals surface area (Å²) < 4.78 is 12.1. The van der Waals surface area contributed by atoms with Crippen LogP contribution in [0.15, 0.2) is 0 Å². The van der Waals surface area contributed by atoms with Crippen molar-refractivity contribution in [3.63, 3.8) is 0 Å². The van der Waals surface area contributed by atoms with Gasteiger partial charge in [-0.2, -0.15) is 0 Å². The minimum absolute atomic E-state index is 0.163. The Morgan fingerprint density at radius 1 is 0.912 bits per heavy atom. The van der Waals surface area contributed by atoms with E-state index in [1.807, 2.05) is 27.7 Å². The molecule has 0 aromatic heterocycles. The maximum Gasteiger partial charge on any atom is 0.312 e. The molecule has 5 rings (SSSR count). The highest BCUT2D eigenvalue weighted by Gasteiger charge is 2.55. The van der Waals surface area contributed by atoms with E-state index >= 15 is 0 Å². The number of Topliss-reactive ketones (excluding diaryl/α,β-unsaturated/α-hetero) is 1. The number of hydrogen-bond acceptors (Lipinski definition) is 5. The maximum atomic E-state index is 13.7. The number of rotatable bonds is 8. The second kappa shape index (κ2) is 9.24. The van der Waals surface area contributed by atoms with Crippen molar-refractivity contribution in [3.8, 4) is 0 Å². The van der Waals surface area contributed by atoms with Crippen molar-refractivity contribution in [2.24, 2.45) is 40.4 Å². The van der Waals surface area contributed by atoms with Crippen LogP contribution in [0.4, 0.5) is 0 Å². The summed E-state index contributed by atoms with van der Waals surface area (Å²) >= 11 is 0. The van der Waals surface area contributed by atoms with E-state index in [4.69, 9.17) is 9.47 Å². The lowest BCUT2D eigenvalue weighted by Crippen LogP contribution is -2.55. The Kier molecular flexibility index (Phi) is 6.98. The van der Waals surface area contributed by atoms with Crippen LogP contribution in [0, 0.1) is 40.4 Å². The lowest BCUT2D eigenvalue weighted by atomic mass is 9.49. The summed E-state index contributed by atoms with van der Waals surface area (Å²) in [6.07, 6.45) is 9.64. The highest BCUT2D eigenvalue weighted by molar-refractivity contribution is 5.82. The summed E-state index contributed by atoms with van der Waals surface area (Å²) in [5, 5.41) is 0. The van der Waals surface area contributed by atoms with E-state index in [2.05, 4.69) is 13.8 Å². The van der Waals surface area contributed by atoms with Crippen LogP contribution in [0.5, 0.6) is 0 Å². The third-order valence-electron chi connectivity index (χ3n) is 9.75. The molecule has 5 aliphatic carbocycles. The molecule has 34 heavy (non-hydrogen) atoms. The highest BCUT2D eigenvalue weighted by atomic mass is 16.6. The second-order valence-corrected chi connectivity index (χ2v) is 13.6. The Balaban J connectivity index is 1.41. The van der Waals surface area contributed by atoms with Gasteiger partial charge in [-0.3, -0.25) is 14.4 Å². The van der Waals surface area contributed by atoms with E-state index in [1.165, 1.54) is 32.1 Å². The minimum atomic E-state index is -0.836. The molecule has 5 heteroatoms. The van der Waals surface area contributed by atoms with Gasteiger partial charge in [0.05, 0.1) is 10.8 Å². The number of hydrogen-bond donors (Lipinski definition) is 0. The quantitative estimate of drug-likeness (QED) is 0.388. The molecule has 2 atom stereocenters. The normalized spacial score (nSPS) is 35.1. The van der Waals surface area contributed by atoms with Crippen LogP contribution in [-0.4, -0.2) is 29.4 Å². The summed E-state index contributed by atoms with van der Waals surface area (Å²) in [5.41, 5.74) is -2.10. The zero-order valence-electron chi connectivity index (χ0n) is 22.3. The average molecular weight is 475 g/mol. The predicted molar refractivity (Wildman–Crippen MR) is 131 cm³/mol. The van der Waals surface area contributed by atoms with Gasteiger partial charge in [0, 0.05) is 18.8 Å². The summed E-state index contributed by atoms with van der Waals surface area (Å²) in [6, 6.07) is 0. The molecule has 0 N–H and O–H groups in total. The summed E-state index contributed by atoms with van der Waals surface area (Å²) in [6.45, 7) is 11.9. The Morgan fingerprint density at radius 3 is 2.03 bits per heavy atom. The van der Waals surface area contributed by atoms with Crippen molar-refractivity contribution in [3.05, 3.63) is 0 Å². The lowest BCUT2D eigenvalue weighted by molar-refractivity contribution is -0.193. The minimum Gasteiger partial charge on any atom is -0.461 e. The molecule has 192 valence electrons. The molecule has 5 nitrogen and oxygen atoms in total. The molecule has 0 heterocycles. The van der Waals surface area contributed by atoms with Crippen molar-refractivity contribution >= 4 is 17.7 Å². The molecular formula is C29H46O5. The summed E-state index contributed by atoms with van der Waals surface area (Å²) in [7, 11) is 0. The molecule has 5 fully saturated rings. The zero-order valence-corrected chi connectivity index (χ0v) is 22.3. The molecular weight excluding hydrogens is 428 g/mol. The molecule has 0 spiro atoms. The van der Waals surface area contributed by atoms with E-state index in [0.29, 0.717) is 43.4 Å². The fourth-order valence-corrected chi connectivity index (χ4v) is 8.28.